The summed E-state index contributed by atoms with van der Waals surface area (Å²) in [6.07, 6.45) is -5.75. The van der Waals surface area contributed by atoms with Gasteiger partial charge in [-0.3, -0.25) is 45.7 Å². The van der Waals surface area contributed by atoms with Crippen LogP contribution < -0.4 is 16.0 Å². The van der Waals surface area contributed by atoms with Gasteiger partial charge in [0, 0.05) is 0 Å². The van der Waals surface area contributed by atoms with Crippen LogP contribution in [0.4, 0.5) is 28.8 Å². The minimum absolute atomic E-state index is 0.279. The Kier molecular flexibility index (Phi) is 24.0. The Morgan fingerprint density at radius 1 is 0.373 bits per heavy atom. The van der Waals surface area contributed by atoms with Crippen molar-refractivity contribution in [3.05, 3.63) is 106 Å². The van der Waals surface area contributed by atoms with Gasteiger partial charge >= 0.3 is 44.4 Å². The van der Waals surface area contributed by atoms with Crippen LogP contribution in [0.5, 0.6) is 0 Å². The number of carbonyl (C=O) groups excluding carboxylic acids is 6. The molecule has 6 amide bonds. The average Bonchev–Trinajstić information content (AvgIpc) is 3.34. The number of amides is 6. The molecule has 0 spiro atoms. The Labute approximate surface area is 486 Å². The molecule has 0 aliphatic rings. The molecule has 26 heteroatoms. The fraction of sp³-hybridized carbons (Fsp3) is 0.526. The number of hydrogen-bond donors (Lipinski definition) is 6. The number of ether oxygens (including phenoxy) is 6. The molecule has 3 rings (SSSR count). The summed E-state index contributed by atoms with van der Waals surface area (Å²) in [4.78, 5) is 81.2. The van der Waals surface area contributed by atoms with E-state index in [-0.39, 0.29) is 19.6 Å². The third kappa shape index (κ3) is 27.8. The highest BCUT2D eigenvalue weighted by Gasteiger charge is 2.33. The largest absolute Gasteiger partial charge is 0.475 e. The predicted octanol–water partition coefficient (Wildman–Crippen LogP) is 12.3. The number of benzene rings is 3. The molecule has 0 aliphatic heterocycles. The van der Waals surface area contributed by atoms with Crippen molar-refractivity contribution in [2.75, 3.05) is 0 Å². The van der Waals surface area contributed by atoms with Crippen LogP contribution in [0.25, 0.3) is 0 Å². The number of hydrogen-bond acceptors (Lipinski definition) is 19. The van der Waals surface area contributed by atoms with Crippen LogP contribution in [0.1, 0.15) is 158 Å². The molecule has 6 N–H and O–H groups in total. The van der Waals surface area contributed by atoms with E-state index in [9.17, 15) is 33.3 Å². The van der Waals surface area contributed by atoms with Crippen LogP contribution in [-0.2, 0) is 86.0 Å². The lowest BCUT2D eigenvalue weighted by Gasteiger charge is -2.28. The molecular formula is C57H84N9O16P. The fourth-order valence-corrected chi connectivity index (χ4v) is 7.78. The van der Waals surface area contributed by atoms with Gasteiger partial charge in [-0.1, -0.05) is 72.8 Å². The lowest BCUT2D eigenvalue weighted by Crippen LogP contribution is -2.49. The van der Waals surface area contributed by atoms with Crippen LogP contribution in [0.15, 0.2) is 72.8 Å². The molecule has 83 heavy (non-hydrogen) atoms. The van der Waals surface area contributed by atoms with Gasteiger partial charge in [0.1, 0.15) is 33.6 Å². The normalized spacial score (nSPS) is 12.7. The third-order valence-corrected chi connectivity index (χ3v) is 11.0. The summed E-state index contributed by atoms with van der Waals surface area (Å²) < 4.78 is 65.6. The molecule has 0 unspecified atom stereocenters. The van der Waals surface area contributed by atoms with Crippen LogP contribution >= 0.6 is 7.82 Å². The number of nitrogens with zero attached hydrogens (tertiary/aromatic N) is 3. The van der Waals surface area contributed by atoms with Crippen molar-refractivity contribution in [3.8, 4) is 0 Å². The van der Waals surface area contributed by atoms with Gasteiger partial charge < -0.3 is 28.4 Å². The summed E-state index contributed by atoms with van der Waals surface area (Å²) in [6, 6.07) is 19.5. The minimum atomic E-state index is -4.65. The molecule has 458 valence electrons. The van der Waals surface area contributed by atoms with E-state index in [1.165, 1.54) is 0 Å². The molecule has 0 saturated carbocycles. The van der Waals surface area contributed by atoms with Gasteiger partial charge in [-0.2, -0.15) is 0 Å². The molecule has 0 bridgehead atoms. The molecule has 0 aromatic heterocycles. The summed E-state index contributed by atoms with van der Waals surface area (Å²) in [6.45, 7) is 27.5. The molecule has 25 nitrogen and oxygen atoms in total. The number of phosphoric ester groups is 1. The molecule has 0 aliphatic carbocycles. The predicted molar refractivity (Wildman–Crippen MR) is 308 cm³/mol. The zero-order valence-corrected chi connectivity index (χ0v) is 51.9. The van der Waals surface area contributed by atoms with E-state index >= 15 is 0 Å². The first kappa shape index (κ1) is 69.7. The Morgan fingerprint density at radius 3 is 0.783 bits per heavy atom. The quantitative estimate of drug-likeness (QED) is 0.0356. The van der Waals surface area contributed by atoms with Gasteiger partial charge in [-0.15, -0.1) is 0 Å². The van der Waals surface area contributed by atoms with E-state index < -0.39 is 116 Å². The summed E-state index contributed by atoms with van der Waals surface area (Å²) in [5, 5.41) is 32.8. The summed E-state index contributed by atoms with van der Waals surface area (Å²) in [5.41, 5.74) is -3.12. The molecule has 0 saturated heterocycles. The summed E-state index contributed by atoms with van der Waals surface area (Å²) in [5.74, 6) is -1.89. The monoisotopic (exact) mass is 1180 g/mol. The highest BCUT2D eigenvalue weighted by Crippen LogP contribution is 2.52. The van der Waals surface area contributed by atoms with Crippen molar-refractivity contribution < 1.29 is 75.3 Å². The van der Waals surface area contributed by atoms with E-state index in [4.69, 9.17) is 58.2 Å². The molecular weight excluding hydrogens is 1100 g/mol. The Bertz CT molecular complexity index is 2570. The maximum Gasteiger partial charge on any atom is 0.475 e. The first-order chi connectivity index (χ1) is 37.9. The number of guanidine groups is 3. The second-order valence-corrected chi connectivity index (χ2v) is 26.5. The highest BCUT2D eigenvalue weighted by atomic mass is 31.2. The van der Waals surface area contributed by atoms with Crippen LogP contribution in [0.2, 0.25) is 0 Å². The summed E-state index contributed by atoms with van der Waals surface area (Å²) >= 11 is 0. The standard InChI is InChI=1S/C57H84N9O16P/c1-52(2,3)77-46(67)61-43(58)64(49(70)80-55(10,11)12)31-37-22-19-25-40(28-37)34-74-83(73,75-35-41-26-20-23-38(29-41)32-65(50(71)81-56(13,14)15)44(59)62-47(68)78-53(4,5)6)76-36-42-27-21-24-39(30-42)33-66(51(72)82-57(16,17)18)45(60)63-48(69)79-54(7,8)9/h19-30H,31-36H2,1-18H3,(H2,58,61,67)(H2,59,62,68)(H2,60,63,69). The van der Waals surface area contributed by atoms with Gasteiger partial charge in [-0.05, 0) is 158 Å². The second kappa shape index (κ2) is 28.6. The highest BCUT2D eigenvalue weighted by molar-refractivity contribution is 7.48. The van der Waals surface area contributed by atoms with Gasteiger partial charge in [0.05, 0.1) is 39.5 Å². The average molecular weight is 1180 g/mol. The van der Waals surface area contributed by atoms with Gasteiger partial charge in [0.2, 0.25) is 17.9 Å². The Morgan fingerprint density at radius 2 is 0.578 bits per heavy atom. The van der Waals surface area contributed by atoms with Gasteiger partial charge in [-0.25, -0.2) is 48.0 Å². The van der Waals surface area contributed by atoms with Crippen LogP contribution in [0, 0.1) is 16.2 Å². The van der Waals surface area contributed by atoms with Crippen molar-refractivity contribution in [1.82, 2.24) is 30.7 Å². The third-order valence-electron chi connectivity index (χ3n) is 9.67. The van der Waals surface area contributed by atoms with Gasteiger partial charge in [0.15, 0.2) is 0 Å². The van der Waals surface area contributed by atoms with Crippen molar-refractivity contribution in [2.45, 2.75) is 198 Å². The number of carbonyl (C=O) groups is 6. The van der Waals surface area contributed by atoms with Crippen molar-refractivity contribution in [3.63, 3.8) is 0 Å². The Hall–Kier alpha value is -7.60. The first-order valence-electron chi connectivity index (χ1n) is 26.4. The molecule has 3 aromatic carbocycles. The second-order valence-electron chi connectivity index (χ2n) is 24.9. The van der Waals surface area contributed by atoms with E-state index in [0.717, 1.165) is 14.7 Å². The van der Waals surface area contributed by atoms with Gasteiger partial charge in [0.25, 0.3) is 0 Å². The fourth-order valence-electron chi connectivity index (χ4n) is 6.63. The number of phosphoric acid groups is 1. The maximum absolute atomic E-state index is 14.9. The van der Waals surface area contributed by atoms with Crippen LogP contribution in [0.3, 0.4) is 0 Å². The summed E-state index contributed by atoms with van der Waals surface area (Å²) in [7, 11) is -4.65. The number of nitrogens with one attached hydrogen (secondary N) is 6. The van der Waals surface area contributed by atoms with E-state index in [0.29, 0.717) is 33.4 Å². The first-order valence-corrected chi connectivity index (χ1v) is 27.9. The van der Waals surface area contributed by atoms with Crippen molar-refractivity contribution in [2.24, 2.45) is 0 Å². The van der Waals surface area contributed by atoms with Crippen molar-refractivity contribution >= 4 is 62.3 Å². The van der Waals surface area contributed by atoms with E-state index in [1.54, 1.807) is 197 Å². The zero-order chi connectivity index (χ0) is 63.1. The maximum atomic E-state index is 14.9. The number of alkyl carbamates (subject to hydrolysis) is 3. The molecule has 0 fully saturated rings. The van der Waals surface area contributed by atoms with E-state index in [1.807, 2.05) is 0 Å². The van der Waals surface area contributed by atoms with Crippen molar-refractivity contribution in [1.29, 1.82) is 16.2 Å². The zero-order valence-electron chi connectivity index (χ0n) is 51.0. The number of rotatable bonds is 15. The lowest BCUT2D eigenvalue weighted by molar-refractivity contribution is 0.0330. The van der Waals surface area contributed by atoms with E-state index in [2.05, 4.69) is 16.0 Å². The lowest BCUT2D eigenvalue weighted by atomic mass is 10.1. The van der Waals surface area contributed by atoms with Crippen LogP contribution in [-0.4, -0.2) is 103 Å². The molecule has 0 radical (unpaired) electrons. The topological polar surface area (TPSA) is 320 Å². The molecule has 3 aromatic rings. The Balaban J connectivity index is 2.03. The molecule has 0 atom stereocenters. The SMILES string of the molecule is CC(C)(C)OC(=O)NC(=N)N(Cc1cccc(COP(=O)(OCc2cccc(CN(C(=N)NC(=O)OC(C)(C)C)C(=O)OC(C)(C)C)c2)OCc2cccc(CN(C(=N)NC(=O)OC(C)(C)C)C(=O)OC(C)(C)C)c2)c1)C(=O)OC(C)(C)C. The molecule has 0 heterocycles. The minimum Gasteiger partial charge on any atom is -0.444 e. The smallest absolute Gasteiger partial charge is 0.444 e.